The van der Waals surface area contributed by atoms with E-state index < -0.39 is 0 Å². The van der Waals surface area contributed by atoms with Crippen molar-refractivity contribution in [2.75, 3.05) is 13.7 Å². The minimum atomic E-state index is -0.0758. The molecule has 0 radical (unpaired) electrons. The van der Waals surface area contributed by atoms with E-state index in [-0.39, 0.29) is 5.91 Å². The van der Waals surface area contributed by atoms with Crippen LogP contribution in [0.4, 0.5) is 0 Å². The number of carbonyl (C=O) groups excluding carboxylic acids is 1. The number of benzene rings is 2. The SMILES string of the molecule is CCOc1ccc(CC(=O)NCc2cc(-c3ccc(OC)cc3)on2)cc1. The highest BCUT2D eigenvalue weighted by molar-refractivity contribution is 5.78. The number of hydrogen-bond acceptors (Lipinski definition) is 5. The standard InChI is InChI=1S/C21H22N2O4/c1-3-26-19-8-4-15(5-9-19)12-21(24)22-14-17-13-20(27-23-17)16-6-10-18(25-2)11-7-16/h4-11,13H,3,12,14H2,1-2H3,(H,22,24). The Hall–Kier alpha value is -3.28. The van der Waals surface area contributed by atoms with Crippen molar-refractivity contribution in [3.05, 3.63) is 65.9 Å². The molecule has 0 spiro atoms. The monoisotopic (exact) mass is 366 g/mol. The molecule has 0 aliphatic rings. The number of rotatable bonds is 8. The zero-order valence-corrected chi connectivity index (χ0v) is 15.4. The lowest BCUT2D eigenvalue weighted by atomic mass is 10.1. The van der Waals surface area contributed by atoms with Gasteiger partial charge in [-0.25, -0.2) is 0 Å². The Morgan fingerprint density at radius 1 is 1.07 bits per heavy atom. The molecule has 140 valence electrons. The van der Waals surface area contributed by atoms with Crippen molar-refractivity contribution in [1.29, 1.82) is 0 Å². The molecule has 0 fully saturated rings. The first kappa shape index (κ1) is 18.5. The van der Waals surface area contributed by atoms with Crippen LogP contribution in [0.1, 0.15) is 18.2 Å². The fourth-order valence-corrected chi connectivity index (χ4v) is 2.59. The second kappa shape index (κ2) is 8.89. The topological polar surface area (TPSA) is 73.6 Å². The lowest BCUT2D eigenvalue weighted by molar-refractivity contribution is -0.120. The number of nitrogens with zero attached hydrogens (tertiary/aromatic N) is 1. The average Bonchev–Trinajstić information content (AvgIpc) is 3.17. The molecule has 6 nitrogen and oxygen atoms in total. The van der Waals surface area contributed by atoms with Crippen LogP contribution in [-0.2, 0) is 17.8 Å². The van der Waals surface area contributed by atoms with Gasteiger partial charge in [-0.15, -0.1) is 0 Å². The number of hydrogen-bond donors (Lipinski definition) is 1. The van der Waals surface area contributed by atoms with Gasteiger partial charge in [-0.1, -0.05) is 17.3 Å². The molecular weight excluding hydrogens is 344 g/mol. The van der Waals surface area contributed by atoms with Gasteiger partial charge < -0.3 is 19.3 Å². The maximum Gasteiger partial charge on any atom is 0.224 e. The van der Waals surface area contributed by atoms with Crippen molar-refractivity contribution in [2.45, 2.75) is 19.9 Å². The predicted octanol–water partition coefficient (Wildman–Crippen LogP) is 3.61. The molecule has 2 aromatic carbocycles. The summed E-state index contributed by atoms with van der Waals surface area (Å²) >= 11 is 0. The average molecular weight is 366 g/mol. The second-order valence-corrected chi connectivity index (χ2v) is 5.94. The number of nitrogens with one attached hydrogen (secondary N) is 1. The molecule has 1 N–H and O–H groups in total. The first-order valence-electron chi connectivity index (χ1n) is 8.76. The van der Waals surface area contributed by atoms with E-state index in [9.17, 15) is 4.79 Å². The summed E-state index contributed by atoms with van der Waals surface area (Å²) < 4.78 is 15.9. The molecule has 0 saturated carbocycles. The summed E-state index contributed by atoms with van der Waals surface area (Å²) in [5.41, 5.74) is 2.49. The van der Waals surface area contributed by atoms with Gasteiger partial charge in [0, 0.05) is 11.6 Å². The molecule has 0 atom stereocenters. The fraction of sp³-hybridized carbons (Fsp3) is 0.238. The molecule has 0 unspecified atom stereocenters. The van der Waals surface area contributed by atoms with Crippen LogP contribution in [0, 0.1) is 0 Å². The highest BCUT2D eigenvalue weighted by Gasteiger charge is 2.09. The van der Waals surface area contributed by atoms with Crippen LogP contribution in [0.5, 0.6) is 11.5 Å². The Bertz CT molecular complexity index is 870. The Kier molecular flexibility index (Phi) is 6.10. The van der Waals surface area contributed by atoms with Crippen LogP contribution in [0.3, 0.4) is 0 Å². The summed E-state index contributed by atoms with van der Waals surface area (Å²) in [5.74, 6) is 2.15. The molecule has 0 saturated heterocycles. The molecule has 3 rings (SSSR count). The highest BCUT2D eigenvalue weighted by atomic mass is 16.5. The summed E-state index contributed by atoms with van der Waals surface area (Å²) in [4.78, 5) is 12.1. The third kappa shape index (κ3) is 5.10. The minimum Gasteiger partial charge on any atom is -0.497 e. The summed E-state index contributed by atoms with van der Waals surface area (Å²) in [5, 5.41) is 6.87. The largest absolute Gasteiger partial charge is 0.497 e. The predicted molar refractivity (Wildman–Crippen MR) is 102 cm³/mol. The van der Waals surface area contributed by atoms with E-state index in [4.69, 9.17) is 14.0 Å². The van der Waals surface area contributed by atoms with Gasteiger partial charge in [0.2, 0.25) is 5.91 Å². The molecule has 1 aromatic heterocycles. The minimum absolute atomic E-state index is 0.0758. The zero-order valence-electron chi connectivity index (χ0n) is 15.4. The van der Waals surface area contributed by atoms with Gasteiger partial charge in [0.1, 0.15) is 17.2 Å². The second-order valence-electron chi connectivity index (χ2n) is 5.94. The summed E-state index contributed by atoms with van der Waals surface area (Å²) in [6.07, 6.45) is 0.301. The molecule has 0 aliphatic heterocycles. The van der Waals surface area contributed by atoms with E-state index in [1.165, 1.54) is 0 Å². The van der Waals surface area contributed by atoms with E-state index in [0.717, 1.165) is 22.6 Å². The van der Waals surface area contributed by atoms with Gasteiger partial charge in [-0.3, -0.25) is 4.79 Å². The van der Waals surface area contributed by atoms with Crippen molar-refractivity contribution < 1.29 is 18.8 Å². The Morgan fingerprint density at radius 2 is 1.78 bits per heavy atom. The molecule has 27 heavy (non-hydrogen) atoms. The number of amides is 1. The van der Waals surface area contributed by atoms with Crippen LogP contribution in [0.15, 0.2) is 59.1 Å². The van der Waals surface area contributed by atoms with Gasteiger partial charge >= 0.3 is 0 Å². The highest BCUT2D eigenvalue weighted by Crippen LogP contribution is 2.23. The summed E-state index contributed by atoms with van der Waals surface area (Å²) in [6, 6.07) is 16.8. The van der Waals surface area contributed by atoms with Gasteiger partial charge in [0.05, 0.1) is 26.7 Å². The lowest BCUT2D eigenvalue weighted by Crippen LogP contribution is -2.24. The van der Waals surface area contributed by atoms with Gasteiger partial charge in [0.25, 0.3) is 0 Å². The van der Waals surface area contributed by atoms with Crippen molar-refractivity contribution in [2.24, 2.45) is 0 Å². The van der Waals surface area contributed by atoms with E-state index in [1.54, 1.807) is 7.11 Å². The molecule has 6 heteroatoms. The Labute approximate surface area is 158 Å². The number of methoxy groups -OCH3 is 1. The first-order valence-corrected chi connectivity index (χ1v) is 8.76. The van der Waals surface area contributed by atoms with Crippen LogP contribution in [0.25, 0.3) is 11.3 Å². The fourth-order valence-electron chi connectivity index (χ4n) is 2.59. The van der Waals surface area contributed by atoms with Gasteiger partial charge in [-0.05, 0) is 48.9 Å². The molecule has 1 amide bonds. The molecule has 3 aromatic rings. The lowest BCUT2D eigenvalue weighted by Gasteiger charge is -2.05. The van der Waals surface area contributed by atoms with E-state index in [1.807, 2.05) is 61.5 Å². The first-order chi connectivity index (χ1) is 13.2. The maximum atomic E-state index is 12.1. The molecular formula is C21H22N2O4. The zero-order chi connectivity index (χ0) is 19.1. The molecule has 1 heterocycles. The van der Waals surface area contributed by atoms with E-state index >= 15 is 0 Å². The number of ether oxygens (including phenoxy) is 2. The third-order valence-electron chi connectivity index (χ3n) is 4.00. The summed E-state index contributed by atoms with van der Waals surface area (Å²) in [7, 11) is 1.62. The van der Waals surface area contributed by atoms with Gasteiger partial charge in [-0.2, -0.15) is 0 Å². The van der Waals surface area contributed by atoms with Crippen LogP contribution in [0.2, 0.25) is 0 Å². The van der Waals surface area contributed by atoms with Crippen molar-refractivity contribution in [1.82, 2.24) is 10.5 Å². The quantitative estimate of drug-likeness (QED) is 0.659. The van der Waals surface area contributed by atoms with Crippen molar-refractivity contribution in [3.63, 3.8) is 0 Å². The van der Waals surface area contributed by atoms with Gasteiger partial charge in [0.15, 0.2) is 5.76 Å². The number of carbonyl (C=O) groups is 1. The van der Waals surface area contributed by atoms with E-state index in [2.05, 4.69) is 10.5 Å². The van der Waals surface area contributed by atoms with Crippen LogP contribution >= 0.6 is 0 Å². The van der Waals surface area contributed by atoms with Crippen LogP contribution in [-0.4, -0.2) is 24.8 Å². The smallest absolute Gasteiger partial charge is 0.224 e. The van der Waals surface area contributed by atoms with Crippen molar-refractivity contribution >= 4 is 5.91 Å². The normalized spacial score (nSPS) is 10.4. The summed E-state index contributed by atoms with van der Waals surface area (Å²) in [6.45, 7) is 2.87. The number of aromatic nitrogens is 1. The maximum absolute atomic E-state index is 12.1. The molecule has 0 aliphatic carbocycles. The molecule has 0 bridgehead atoms. The van der Waals surface area contributed by atoms with Crippen molar-refractivity contribution in [3.8, 4) is 22.8 Å². The Balaban J connectivity index is 1.52. The third-order valence-corrected chi connectivity index (χ3v) is 4.00. The van der Waals surface area contributed by atoms with Crippen LogP contribution < -0.4 is 14.8 Å². The Morgan fingerprint density at radius 3 is 2.44 bits per heavy atom. The van der Waals surface area contributed by atoms with E-state index in [0.29, 0.717) is 31.0 Å².